The van der Waals surface area contributed by atoms with Crippen LogP contribution < -0.4 is 5.84 Å². The molecule has 0 bridgehead atoms. The summed E-state index contributed by atoms with van der Waals surface area (Å²) in [6.45, 7) is 16.6. The highest BCUT2D eigenvalue weighted by atomic mass is 32.1. The summed E-state index contributed by atoms with van der Waals surface area (Å²) in [5.41, 5.74) is -0.148. The van der Waals surface area contributed by atoms with Gasteiger partial charge in [-0.05, 0) is 79.7 Å². The maximum atomic E-state index is 12.8. The van der Waals surface area contributed by atoms with E-state index in [1.807, 2.05) is 9.31 Å². The molecule has 190 valence electrons. The molecule has 0 unspecified atom stereocenters. The van der Waals surface area contributed by atoms with Crippen molar-refractivity contribution in [1.82, 2.24) is 9.31 Å². The number of carbonyl (C=O) groups is 2. The van der Waals surface area contributed by atoms with E-state index in [4.69, 9.17) is 15.3 Å². The number of hydrogen-bond acceptors (Lipinski definition) is 8. The molecule has 1 aromatic carbocycles. The maximum absolute atomic E-state index is 12.8. The number of hydrazine groups is 1. The quantitative estimate of drug-likeness (QED) is 0.357. The molecular weight excluding hydrogens is 450 g/mol. The summed E-state index contributed by atoms with van der Waals surface area (Å²) in [6, 6.07) is 6.49. The lowest BCUT2D eigenvalue weighted by atomic mass is 9.80. The molecule has 1 aromatic rings. The standard InChI is InChI=1S/C26H41N3O4S/c1-23(2)13-19(14-24(3,4)28(23)27)32-21(30)17-9-11-18(12-10-17)22(31)33-20-15-25(5,6)29(34)26(7,8)16-20/h9-12,19-20,34H,13-16,27H2,1-8H3. The van der Waals surface area contributed by atoms with E-state index in [-0.39, 0.29) is 40.3 Å². The Bertz CT molecular complexity index is 815. The first kappa shape index (κ1) is 27.0. The van der Waals surface area contributed by atoms with E-state index in [1.165, 1.54) is 0 Å². The average molecular weight is 492 g/mol. The molecule has 0 aliphatic carbocycles. The number of ether oxygens (including phenoxy) is 2. The Kier molecular flexibility index (Phi) is 7.24. The lowest BCUT2D eigenvalue weighted by molar-refractivity contribution is -0.0884. The second-order valence-electron chi connectivity index (χ2n) is 12.4. The van der Waals surface area contributed by atoms with Crippen molar-refractivity contribution in [1.29, 1.82) is 0 Å². The zero-order valence-electron chi connectivity index (χ0n) is 21.8. The fourth-order valence-corrected chi connectivity index (χ4v) is 5.89. The van der Waals surface area contributed by atoms with Gasteiger partial charge in [0.15, 0.2) is 0 Å². The molecule has 8 heteroatoms. The fourth-order valence-electron chi connectivity index (χ4n) is 5.73. The topological polar surface area (TPSA) is 85.1 Å². The molecule has 0 aromatic heterocycles. The number of esters is 2. The van der Waals surface area contributed by atoms with Crippen LogP contribution in [0.5, 0.6) is 0 Å². The van der Waals surface area contributed by atoms with Crippen LogP contribution in [0.15, 0.2) is 24.3 Å². The second kappa shape index (κ2) is 9.12. The third-order valence-electron chi connectivity index (χ3n) is 7.26. The zero-order chi connectivity index (χ0) is 25.7. The van der Waals surface area contributed by atoms with Crippen LogP contribution >= 0.6 is 12.8 Å². The Balaban J connectivity index is 1.62. The summed E-state index contributed by atoms with van der Waals surface area (Å²) in [5, 5.41) is 1.85. The van der Waals surface area contributed by atoms with Gasteiger partial charge in [-0.3, -0.25) is 5.84 Å². The summed E-state index contributed by atoms with van der Waals surface area (Å²) in [6.07, 6.45) is 2.27. The van der Waals surface area contributed by atoms with Crippen LogP contribution in [0.3, 0.4) is 0 Å². The first-order valence-electron chi connectivity index (χ1n) is 12.0. The normalized spacial score (nSPS) is 25.0. The predicted octanol–water partition coefficient (Wildman–Crippen LogP) is 4.76. The van der Waals surface area contributed by atoms with E-state index in [2.05, 4.69) is 68.2 Å². The summed E-state index contributed by atoms with van der Waals surface area (Å²) in [7, 11) is 0. The summed E-state index contributed by atoms with van der Waals surface area (Å²) in [4.78, 5) is 25.6. The third-order valence-corrected chi connectivity index (χ3v) is 8.35. The van der Waals surface area contributed by atoms with E-state index in [0.29, 0.717) is 36.8 Å². The van der Waals surface area contributed by atoms with Gasteiger partial charge >= 0.3 is 11.9 Å². The molecule has 2 aliphatic heterocycles. The van der Waals surface area contributed by atoms with Crippen molar-refractivity contribution in [2.24, 2.45) is 5.84 Å². The number of nitrogens with zero attached hydrogens (tertiary/aromatic N) is 2. The van der Waals surface area contributed by atoms with Crippen molar-refractivity contribution in [3.63, 3.8) is 0 Å². The second-order valence-corrected chi connectivity index (χ2v) is 12.8. The molecule has 2 saturated heterocycles. The van der Waals surface area contributed by atoms with Gasteiger partial charge in [0.25, 0.3) is 0 Å². The highest BCUT2D eigenvalue weighted by Crippen LogP contribution is 2.41. The number of carbonyl (C=O) groups excluding carboxylic acids is 2. The Morgan fingerprint density at radius 2 is 1.03 bits per heavy atom. The first-order chi connectivity index (χ1) is 15.4. The van der Waals surface area contributed by atoms with Gasteiger partial charge in [0, 0.05) is 47.8 Å². The van der Waals surface area contributed by atoms with Gasteiger partial charge in [-0.2, -0.15) is 0 Å². The minimum Gasteiger partial charge on any atom is -0.459 e. The number of thiol groups is 1. The average Bonchev–Trinajstić information content (AvgIpc) is 2.69. The van der Waals surface area contributed by atoms with Gasteiger partial charge < -0.3 is 9.47 Å². The molecule has 0 atom stereocenters. The molecular formula is C26H41N3O4S. The Hall–Kier alpha value is -1.61. The third kappa shape index (κ3) is 5.61. The minimum absolute atomic E-state index is 0.202. The number of piperidine rings is 2. The molecule has 34 heavy (non-hydrogen) atoms. The number of hydrogen-bond donors (Lipinski definition) is 2. The SMILES string of the molecule is CC1(C)CC(OC(=O)c2ccc(C(=O)OC3CC(C)(C)N(S)C(C)(C)C3)cc2)CC(C)(C)N1N. The summed E-state index contributed by atoms with van der Waals surface area (Å²) >= 11 is 4.67. The van der Waals surface area contributed by atoms with Crippen molar-refractivity contribution >= 4 is 24.8 Å². The number of rotatable bonds is 4. The van der Waals surface area contributed by atoms with Crippen LogP contribution in [0, 0.1) is 0 Å². The van der Waals surface area contributed by atoms with Crippen LogP contribution in [-0.2, 0) is 9.47 Å². The minimum atomic E-state index is -0.397. The van der Waals surface area contributed by atoms with Gasteiger partial charge in [-0.15, -0.1) is 0 Å². The molecule has 2 N–H and O–H groups in total. The molecule has 3 rings (SSSR count). The molecule has 2 aliphatic rings. The van der Waals surface area contributed by atoms with Gasteiger partial charge in [0.05, 0.1) is 11.1 Å². The molecule has 2 heterocycles. The molecule has 0 amide bonds. The van der Waals surface area contributed by atoms with E-state index in [1.54, 1.807) is 24.3 Å². The monoisotopic (exact) mass is 491 g/mol. The van der Waals surface area contributed by atoms with Crippen LogP contribution in [-0.4, -0.2) is 55.6 Å². The van der Waals surface area contributed by atoms with E-state index in [9.17, 15) is 9.59 Å². The van der Waals surface area contributed by atoms with Gasteiger partial charge in [-0.1, -0.05) is 12.8 Å². The van der Waals surface area contributed by atoms with Gasteiger partial charge in [-0.25, -0.2) is 18.9 Å². The Morgan fingerprint density at radius 3 is 1.35 bits per heavy atom. The van der Waals surface area contributed by atoms with Crippen molar-refractivity contribution in [2.45, 2.75) is 115 Å². The summed E-state index contributed by atoms with van der Waals surface area (Å²) < 4.78 is 13.7. The number of nitrogens with two attached hydrogens (primary N) is 1. The summed E-state index contributed by atoms with van der Waals surface area (Å²) in [5.74, 6) is 5.50. The van der Waals surface area contributed by atoms with Crippen LogP contribution in [0.1, 0.15) is 102 Å². The fraction of sp³-hybridized carbons (Fsp3) is 0.692. The highest BCUT2D eigenvalue weighted by molar-refractivity contribution is 7.77. The van der Waals surface area contributed by atoms with Crippen molar-refractivity contribution in [3.8, 4) is 0 Å². The van der Waals surface area contributed by atoms with Crippen LogP contribution in [0.25, 0.3) is 0 Å². The molecule has 2 fully saturated rings. The lowest BCUT2D eigenvalue weighted by Crippen LogP contribution is -2.65. The Labute approximate surface area is 209 Å². The number of benzene rings is 1. The Morgan fingerprint density at radius 1 is 0.735 bits per heavy atom. The lowest BCUT2D eigenvalue weighted by Gasteiger charge is -2.52. The van der Waals surface area contributed by atoms with Crippen LogP contribution in [0.4, 0.5) is 0 Å². The van der Waals surface area contributed by atoms with E-state index in [0.717, 1.165) is 0 Å². The van der Waals surface area contributed by atoms with Crippen molar-refractivity contribution < 1.29 is 19.1 Å². The molecule has 7 nitrogen and oxygen atoms in total. The van der Waals surface area contributed by atoms with Gasteiger partial charge in [0.1, 0.15) is 12.2 Å². The molecule has 0 radical (unpaired) electrons. The van der Waals surface area contributed by atoms with Gasteiger partial charge in [0.2, 0.25) is 0 Å². The largest absolute Gasteiger partial charge is 0.459 e. The predicted molar refractivity (Wildman–Crippen MR) is 136 cm³/mol. The first-order valence-corrected chi connectivity index (χ1v) is 12.4. The van der Waals surface area contributed by atoms with Crippen LogP contribution in [0.2, 0.25) is 0 Å². The van der Waals surface area contributed by atoms with Crippen molar-refractivity contribution in [3.05, 3.63) is 35.4 Å². The molecule has 0 spiro atoms. The van der Waals surface area contributed by atoms with E-state index >= 15 is 0 Å². The molecule has 0 saturated carbocycles. The van der Waals surface area contributed by atoms with Crippen molar-refractivity contribution in [2.75, 3.05) is 0 Å². The smallest absolute Gasteiger partial charge is 0.338 e. The maximum Gasteiger partial charge on any atom is 0.338 e. The highest BCUT2D eigenvalue weighted by Gasteiger charge is 2.46. The van der Waals surface area contributed by atoms with E-state index < -0.39 is 5.97 Å². The zero-order valence-corrected chi connectivity index (χ0v) is 22.7.